The van der Waals surface area contributed by atoms with Crippen LogP contribution in [0.5, 0.6) is 0 Å². The second-order valence-corrected chi connectivity index (χ2v) is 13.5. The van der Waals surface area contributed by atoms with Crippen LogP contribution in [0.25, 0.3) is 0 Å². The molecule has 0 saturated carbocycles. The molecule has 0 heterocycles. The smallest absolute Gasteiger partial charge is 0.264 e. The first-order valence-corrected chi connectivity index (χ1v) is 15.6. The number of carbonyl (C=O) groups excluding carboxylic acids is 2. The molecule has 0 radical (unpaired) electrons. The number of amides is 2. The topological polar surface area (TPSA) is 86.8 Å². The van der Waals surface area contributed by atoms with Crippen molar-refractivity contribution in [2.24, 2.45) is 5.92 Å². The molecule has 7 nitrogen and oxygen atoms in total. The molecule has 0 spiro atoms. The number of benzene rings is 3. The summed E-state index contributed by atoms with van der Waals surface area (Å²) in [5, 5.41) is 3.52. The van der Waals surface area contributed by atoms with E-state index in [1.807, 2.05) is 20.8 Å². The van der Waals surface area contributed by atoms with Crippen molar-refractivity contribution in [2.75, 3.05) is 17.4 Å². The van der Waals surface area contributed by atoms with Gasteiger partial charge in [0.25, 0.3) is 10.0 Å². The first kappa shape index (κ1) is 31.9. The molecule has 1 atom stereocenters. The number of aryl methyl sites for hydroxylation is 1. The average Bonchev–Trinajstić information content (AvgIpc) is 2.90. The summed E-state index contributed by atoms with van der Waals surface area (Å²) in [4.78, 5) is 28.4. The van der Waals surface area contributed by atoms with E-state index in [0.29, 0.717) is 32.3 Å². The van der Waals surface area contributed by atoms with Crippen LogP contribution < -0.4 is 9.62 Å². The Morgan fingerprint density at radius 3 is 2.23 bits per heavy atom. The number of nitrogens with zero attached hydrogens (tertiary/aromatic N) is 2. The Morgan fingerprint density at radius 1 is 0.950 bits per heavy atom. The van der Waals surface area contributed by atoms with E-state index in [0.717, 1.165) is 9.87 Å². The van der Waals surface area contributed by atoms with E-state index in [1.54, 1.807) is 61.5 Å². The van der Waals surface area contributed by atoms with Crippen molar-refractivity contribution in [3.05, 3.63) is 92.4 Å². The van der Waals surface area contributed by atoms with Gasteiger partial charge in [0, 0.05) is 17.6 Å². The van der Waals surface area contributed by atoms with Gasteiger partial charge in [0.2, 0.25) is 11.8 Å². The second-order valence-electron chi connectivity index (χ2n) is 9.89. The number of anilines is 1. The minimum absolute atomic E-state index is 0.0168. The molecule has 1 unspecified atom stereocenters. The Balaban J connectivity index is 2.03. The number of halogens is 3. The van der Waals surface area contributed by atoms with Crippen molar-refractivity contribution in [3.63, 3.8) is 0 Å². The van der Waals surface area contributed by atoms with Gasteiger partial charge < -0.3 is 10.2 Å². The molecule has 0 aliphatic heterocycles. The Kier molecular flexibility index (Phi) is 11.1. The van der Waals surface area contributed by atoms with E-state index in [2.05, 4.69) is 21.2 Å². The molecule has 2 amide bonds. The molecule has 0 bridgehead atoms. The molecule has 0 aromatic heterocycles. The zero-order chi connectivity index (χ0) is 29.6. The average molecular weight is 669 g/mol. The van der Waals surface area contributed by atoms with Crippen molar-refractivity contribution >= 4 is 66.7 Å². The van der Waals surface area contributed by atoms with Gasteiger partial charge in [0.15, 0.2) is 0 Å². The van der Waals surface area contributed by atoms with Crippen LogP contribution in [0, 0.1) is 12.8 Å². The van der Waals surface area contributed by atoms with Crippen LogP contribution in [0.1, 0.15) is 31.9 Å². The van der Waals surface area contributed by atoms with E-state index in [4.69, 9.17) is 23.2 Å². The van der Waals surface area contributed by atoms with Crippen LogP contribution in [0.3, 0.4) is 0 Å². The van der Waals surface area contributed by atoms with Gasteiger partial charge in [-0.2, -0.15) is 0 Å². The van der Waals surface area contributed by atoms with Crippen LogP contribution >= 0.6 is 39.1 Å². The highest BCUT2D eigenvalue weighted by Gasteiger charge is 2.32. The van der Waals surface area contributed by atoms with Gasteiger partial charge >= 0.3 is 0 Å². The predicted octanol–water partition coefficient (Wildman–Crippen LogP) is 6.45. The maximum absolute atomic E-state index is 14.0. The van der Waals surface area contributed by atoms with Gasteiger partial charge in [-0.3, -0.25) is 13.9 Å². The molecular weight excluding hydrogens is 637 g/mol. The van der Waals surface area contributed by atoms with Gasteiger partial charge in [-0.1, -0.05) is 82.8 Å². The van der Waals surface area contributed by atoms with E-state index >= 15 is 0 Å². The summed E-state index contributed by atoms with van der Waals surface area (Å²) in [7, 11) is -4.14. The number of nitrogens with one attached hydrogen (secondary N) is 1. The molecule has 0 aliphatic rings. The lowest BCUT2D eigenvalue weighted by atomic mass is 10.1. The van der Waals surface area contributed by atoms with E-state index in [-0.39, 0.29) is 23.3 Å². The summed E-state index contributed by atoms with van der Waals surface area (Å²) in [5.74, 6) is -0.700. The van der Waals surface area contributed by atoms with Crippen LogP contribution in [0.4, 0.5) is 5.69 Å². The van der Waals surface area contributed by atoms with Crippen LogP contribution in [-0.4, -0.2) is 44.3 Å². The Morgan fingerprint density at radius 2 is 1.62 bits per heavy atom. The SMILES string of the molecule is Cc1ccc(S(=O)(=O)N(CC(=O)N(Cc2ccc(Cl)c(Cl)c2)C(C)C(=O)NCC(C)C)c2cccc(Br)c2)cc1. The fourth-order valence-electron chi connectivity index (χ4n) is 3.87. The molecule has 3 rings (SSSR count). The van der Waals surface area contributed by atoms with Crippen molar-refractivity contribution in [1.29, 1.82) is 0 Å². The highest BCUT2D eigenvalue weighted by Crippen LogP contribution is 2.28. The molecule has 40 heavy (non-hydrogen) atoms. The number of hydrogen-bond acceptors (Lipinski definition) is 4. The maximum Gasteiger partial charge on any atom is 0.264 e. The molecule has 0 saturated heterocycles. The summed E-state index contributed by atoms with van der Waals surface area (Å²) in [6.45, 7) is 7.33. The third kappa shape index (κ3) is 8.22. The van der Waals surface area contributed by atoms with Gasteiger partial charge in [-0.05, 0) is 67.8 Å². The van der Waals surface area contributed by atoms with Crippen LogP contribution in [0.15, 0.2) is 76.1 Å². The Hall–Kier alpha value is -2.59. The van der Waals surface area contributed by atoms with Crippen molar-refractivity contribution in [2.45, 2.75) is 45.2 Å². The summed E-state index contributed by atoms with van der Waals surface area (Å²) < 4.78 is 29.4. The lowest BCUT2D eigenvalue weighted by Gasteiger charge is -2.32. The minimum Gasteiger partial charge on any atom is -0.354 e. The molecular formula is C29H32BrCl2N3O4S. The summed E-state index contributed by atoms with van der Waals surface area (Å²) in [5.41, 5.74) is 1.84. The third-order valence-corrected chi connectivity index (χ3v) is 9.19. The summed E-state index contributed by atoms with van der Waals surface area (Å²) in [6.07, 6.45) is 0. The zero-order valence-corrected chi connectivity index (χ0v) is 26.6. The number of sulfonamides is 1. The fourth-order valence-corrected chi connectivity index (χ4v) is 5.98. The highest BCUT2D eigenvalue weighted by atomic mass is 79.9. The van der Waals surface area contributed by atoms with Crippen LogP contribution in [0.2, 0.25) is 10.0 Å². The predicted molar refractivity (Wildman–Crippen MR) is 164 cm³/mol. The summed E-state index contributed by atoms with van der Waals surface area (Å²) in [6, 6.07) is 17.2. The second kappa shape index (κ2) is 13.9. The van der Waals surface area contributed by atoms with Gasteiger partial charge in [-0.15, -0.1) is 0 Å². The van der Waals surface area contributed by atoms with E-state index in [1.165, 1.54) is 17.0 Å². The highest BCUT2D eigenvalue weighted by molar-refractivity contribution is 9.10. The standard InChI is InChI=1S/C29H32BrCl2N3O4S/c1-19(2)16-33-29(37)21(4)34(17-22-10-13-26(31)27(32)14-22)28(36)18-35(24-7-5-6-23(30)15-24)40(38,39)25-11-8-20(3)9-12-25/h5-15,19,21H,16-18H2,1-4H3,(H,33,37). The Labute approximate surface area is 254 Å². The van der Waals surface area contributed by atoms with Crippen molar-refractivity contribution < 1.29 is 18.0 Å². The molecule has 0 aliphatic carbocycles. The molecule has 11 heteroatoms. The maximum atomic E-state index is 14.0. The van der Waals surface area contributed by atoms with E-state index < -0.39 is 28.5 Å². The summed E-state index contributed by atoms with van der Waals surface area (Å²) >= 11 is 15.7. The van der Waals surface area contributed by atoms with Gasteiger partial charge in [0.1, 0.15) is 12.6 Å². The molecule has 214 valence electrons. The zero-order valence-electron chi connectivity index (χ0n) is 22.7. The number of hydrogen-bond donors (Lipinski definition) is 1. The molecule has 3 aromatic carbocycles. The van der Waals surface area contributed by atoms with Crippen molar-refractivity contribution in [1.82, 2.24) is 10.2 Å². The van der Waals surface area contributed by atoms with Gasteiger partial charge in [0.05, 0.1) is 20.6 Å². The van der Waals surface area contributed by atoms with Gasteiger partial charge in [-0.25, -0.2) is 8.42 Å². The lowest BCUT2D eigenvalue weighted by molar-refractivity contribution is -0.139. The van der Waals surface area contributed by atoms with Crippen molar-refractivity contribution in [3.8, 4) is 0 Å². The normalized spacial score (nSPS) is 12.2. The first-order chi connectivity index (χ1) is 18.8. The first-order valence-electron chi connectivity index (χ1n) is 12.7. The fraction of sp³-hybridized carbons (Fsp3) is 0.310. The molecule has 0 fully saturated rings. The Bertz CT molecular complexity index is 1470. The number of carbonyl (C=O) groups is 2. The molecule has 1 N–H and O–H groups in total. The lowest BCUT2D eigenvalue weighted by Crippen LogP contribution is -2.51. The third-order valence-electron chi connectivity index (χ3n) is 6.17. The number of rotatable bonds is 11. The van der Waals surface area contributed by atoms with E-state index in [9.17, 15) is 18.0 Å². The monoisotopic (exact) mass is 667 g/mol. The largest absolute Gasteiger partial charge is 0.354 e. The van der Waals surface area contributed by atoms with Crippen LogP contribution in [-0.2, 0) is 26.2 Å². The minimum atomic E-state index is -4.14. The molecule has 3 aromatic rings. The quantitative estimate of drug-likeness (QED) is 0.255.